The number of nitrogens with one attached hydrogen (secondary N) is 1. The maximum Gasteiger partial charge on any atom is 0.255 e. The summed E-state index contributed by atoms with van der Waals surface area (Å²) in [4.78, 5) is 49.1. The highest BCUT2D eigenvalue weighted by Crippen LogP contribution is 2.36. The van der Waals surface area contributed by atoms with Gasteiger partial charge in [0, 0.05) is 17.7 Å². The zero-order valence-corrected chi connectivity index (χ0v) is 27.5. The molecule has 3 heterocycles. The summed E-state index contributed by atoms with van der Waals surface area (Å²) in [6.07, 6.45) is -3.54. The first-order valence-electron chi connectivity index (χ1n) is 15.2. The quantitative estimate of drug-likeness (QED) is 0.358. The van der Waals surface area contributed by atoms with Crippen molar-refractivity contribution in [2.75, 3.05) is 6.54 Å². The van der Waals surface area contributed by atoms with E-state index in [1.807, 2.05) is 71.9 Å². The van der Waals surface area contributed by atoms with Gasteiger partial charge in [-0.05, 0) is 63.8 Å². The van der Waals surface area contributed by atoms with E-state index >= 15 is 4.39 Å². The van der Waals surface area contributed by atoms with E-state index in [2.05, 4.69) is 10.3 Å². The molecule has 3 amide bonds. The number of benzene rings is 2. The second kappa shape index (κ2) is 12.5. The molecule has 1 fully saturated rings. The summed E-state index contributed by atoms with van der Waals surface area (Å²) in [6, 6.07) is 9.74. The Morgan fingerprint density at radius 3 is 2.49 bits per heavy atom. The number of halogens is 1. The average molecular weight is 637 g/mol. The molecule has 2 aromatic carbocycles. The van der Waals surface area contributed by atoms with E-state index in [0.29, 0.717) is 16.9 Å². The van der Waals surface area contributed by atoms with Crippen molar-refractivity contribution in [1.29, 1.82) is 0 Å². The normalized spacial score (nSPS) is 21.2. The maximum absolute atomic E-state index is 15.6. The summed E-state index contributed by atoms with van der Waals surface area (Å²) in [5.74, 6) is -1.36. The van der Waals surface area contributed by atoms with E-state index in [4.69, 9.17) is 4.74 Å². The average Bonchev–Trinajstić information content (AvgIpc) is 3.63. The van der Waals surface area contributed by atoms with Gasteiger partial charge in [-0.2, -0.15) is 0 Å². The van der Waals surface area contributed by atoms with E-state index < -0.39 is 47.8 Å². The smallest absolute Gasteiger partial charge is 0.255 e. The summed E-state index contributed by atoms with van der Waals surface area (Å²) in [5, 5.41) is 13.4. The molecule has 0 bridgehead atoms. The number of alkyl halides is 1. The molecular formula is C34H41FN4O5S. The Morgan fingerprint density at radius 2 is 1.87 bits per heavy atom. The summed E-state index contributed by atoms with van der Waals surface area (Å²) < 4.78 is 21.9. The van der Waals surface area contributed by atoms with Crippen LogP contribution < -0.4 is 10.1 Å². The highest BCUT2D eigenvalue weighted by Gasteiger charge is 2.51. The zero-order valence-electron chi connectivity index (χ0n) is 26.7. The monoisotopic (exact) mass is 636 g/mol. The van der Waals surface area contributed by atoms with Crippen molar-refractivity contribution in [3.63, 3.8) is 0 Å². The lowest BCUT2D eigenvalue weighted by atomic mass is 9.99. The van der Waals surface area contributed by atoms with Crippen LogP contribution in [0.4, 0.5) is 4.39 Å². The predicted molar refractivity (Wildman–Crippen MR) is 171 cm³/mol. The maximum atomic E-state index is 15.6. The van der Waals surface area contributed by atoms with Gasteiger partial charge in [-0.15, -0.1) is 11.3 Å². The molecule has 0 aliphatic carbocycles. The Morgan fingerprint density at radius 1 is 1.16 bits per heavy atom. The number of nitrogens with zero attached hydrogens (tertiary/aromatic N) is 3. The first-order valence-corrected chi connectivity index (χ1v) is 16.1. The fourth-order valence-electron chi connectivity index (χ4n) is 6.17. The Balaban J connectivity index is 1.40. The minimum atomic E-state index is -2.00. The molecule has 45 heavy (non-hydrogen) atoms. The Bertz CT molecular complexity index is 1600. The number of likely N-dealkylation sites (tertiary alicyclic amines) is 1. The number of carbonyl (C=O) groups is 3. The highest BCUT2D eigenvalue weighted by molar-refractivity contribution is 7.13. The van der Waals surface area contributed by atoms with Gasteiger partial charge in [0.1, 0.15) is 29.5 Å². The molecule has 2 N–H and O–H groups in total. The van der Waals surface area contributed by atoms with Crippen LogP contribution in [-0.4, -0.2) is 74.1 Å². The molecule has 11 heteroatoms. The van der Waals surface area contributed by atoms with Crippen molar-refractivity contribution in [1.82, 2.24) is 20.1 Å². The lowest BCUT2D eigenvalue weighted by Crippen LogP contribution is -2.56. The Labute approximate surface area is 267 Å². The molecule has 0 radical (unpaired) electrons. The van der Waals surface area contributed by atoms with Crippen molar-refractivity contribution >= 4 is 29.1 Å². The van der Waals surface area contributed by atoms with Gasteiger partial charge in [-0.3, -0.25) is 14.4 Å². The van der Waals surface area contributed by atoms with Crippen molar-refractivity contribution in [2.24, 2.45) is 5.92 Å². The SMILES string of the molecule is Cc1ncsc1-c1ccc([C@H](C)NC(=O)[C@@H]2[C@@H](F)[C@@H](O)CN2C(=O)[C@H](C(C)C)N2Cc3ccccc3C2=O)c(OC(C)(C)C)c1. The van der Waals surface area contributed by atoms with Gasteiger partial charge in [0.2, 0.25) is 11.8 Å². The molecule has 2 aliphatic rings. The summed E-state index contributed by atoms with van der Waals surface area (Å²) in [7, 11) is 0. The predicted octanol–water partition coefficient (Wildman–Crippen LogP) is 5.06. The molecular weight excluding hydrogens is 595 g/mol. The first kappa shape index (κ1) is 32.6. The van der Waals surface area contributed by atoms with Crippen LogP contribution in [0, 0.1) is 12.8 Å². The molecule has 1 aromatic heterocycles. The Kier molecular flexibility index (Phi) is 9.06. The second-order valence-corrected chi connectivity index (χ2v) is 14.0. The number of rotatable bonds is 8. The third-order valence-corrected chi connectivity index (χ3v) is 9.25. The van der Waals surface area contributed by atoms with Crippen LogP contribution >= 0.6 is 11.3 Å². The van der Waals surface area contributed by atoms with Gasteiger partial charge in [-0.25, -0.2) is 9.37 Å². The molecule has 0 spiro atoms. The van der Waals surface area contributed by atoms with Crippen LogP contribution in [0.5, 0.6) is 5.75 Å². The van der Waals surface area contributed by atoms with Crippen LogP contribution in [0.15, 0.2) is 48.0 Å². The minimum Gasteiger partial charge on any atom is -0.488 e. The molecule has 0 saturated carbocycles. The summed E-state index contributed by atoms with van der Waals surface area (Å²) in [5.41, 5.74) is 5.07. The largest absolute Gasteiger partial charge is 0.488 e. The summed E-state index contributed by atoms with van der Waals surface area (Å²) in [6.45, 7) is 13.0. The van der Waals surface area contributed by atoms with Crippen LogP contribution in [-0.2, 0) is 16.1 Å². The number of carbonyl (C=O) groups excluding carboxylic acids is 3. The second-order valence-electron chi connectivity index (χ2n) is 13.2. The molecule has 0 unspecified atom stereocenters. The minimum absolute atomic E-state index is 0.237. The van der Waals surface area contributed by atoms with Crippen LogP contribution in [0.3, 0.4) is 0 Å². The summed E-state index contributed by atoms with van der Waals surface area (Å²) >= 11 is 1.52. The van der Waals surface area contributed by atoms with Gasteiger partial charge in [0.05, 0.1) is 28.7 Å². The number of hydrogen-bond donors (Lipinski definition) is 2. The topological polar surface area (TPSA) is 112 Å². The first-order chi connectivity index (χ1) is 21.2. The van der Waals surface area contributed by atoms with Crippen LogP contribution in [0.1, 0.15) is 74.8 Å². The molecule has 2 aliphatic heterocycles. The van der Waals surface area contributed by atoms with Gasteiger partial charge < -0.3 is 25.0 Å². The molecule has 5 atom stereocenters. The third-order valence-electron chi connectivity index (χ3n) is 8.27. The lowest BCUT2D eigenvalue weighted by molar-refractivity contribution is -0.144. The highest BCUT2D eigenvalue weighted by atomic mass is 32.1. The van der Waals surface area contributed by atoms with Gasteiger partial charge >= 0.3 is 0 Å². The number of aromatic nitrogens is 1. The number of hydrogen-bond acceptors (Lipinski definition) is 7. The van der Waals surface area contributed by atoms with Gasteiger partial charge in [0.15, 0.2) is 6.17 Å². The van der Waals surface area contributed by atoms with E-state index in [9.17, 15) is 19.5 Å². The van der Waals surface area contributed by atoms with Crippen molar-refractivity contribution < 1.29 is 28.6 Å². The van der Waals surface area contributed by atoms with Crippen LogP contribution in [0.25, 0.3) is 10.4 Å². The number of amides is 3. The van der Waals surface area contributed by atoms with E-state index in [0.717, 1.165) is 26.6 Å². The number of thiazole rings is 1. The lowest BCUT2D eigenvalue weighted by Gasteiger charge is -2.35. The van der Waals surface area contributed by atoms with Crippen molar-refractivity contribution in [2.45, 2.75) is 91.0 Å². The number of aryl methyl sites for hydroxylation is 1. The standard InChI is InChI=1S/C34H41FN4O5S/c1-18(2)28(38-15-22-10-8-9-11-24(22)32(38)42)33(43)39-16-25(40)27(35)29(39)31(41)37-19(3)23-13-12-21(30-20(4)36-17-45-30)14-26(23)44-34(5,6)7/h8-14,17-19,25,27-29,40H,15-16H2,1-7H3,(H,37,41)/t19-,25-,27-,28-,29-/m0/s1. The zero-order chi connectivity index (χ0) is 32.8. The Hall–Kier alpha value is -3.83. The number of ether oxygens (including phenoxy) is 1. The number of β-amino-alcohol motifs (C(OH)–C–C–N with tert-alkyl or cyclic N) is 1. The molecule has 1 saturated heterocycles. The molecule has 5 rings (SSSR count). The number of aliphatic hydroxyl groups is 1. The number of fused-ring (bicyclic) bond motifs is 1. The number of aliphatic hydroxyl groups excluding tert-OH is 1. The molecule has 3 aromatic rings. The molecule has 240 valence electrons. The van der Waals surface area contributed by atoms with Gasteiger partial charge in [0.25, 0.3) is 5.91 Å². The van der Waals surface area contributed by atoms with Crippen molar-refractivity contribution in [3.8, 4) is 16.2 Å². The van der Waals surface area contributed by atoms with Crippen molar-refractivity contribution in [3.05, 3.63) is 70.4 Å². The van der Waals surface area contributed by atoms with Crippen LogP contribution in [0.2, 0.25) is 0 Å². The molecule has 9 nitrogen and oxygen atoms in total. The van der Waals surface area contributed by atoms with E-state index in [1.54, 1.807) is 24.6 Å². The fourth-order valence-corrected chi connectivity index (χ4v) is 6.97. The fraction of sp³-hybridized carbons (Fsp3) is 0.471. The van der Waals surface area contributed by atoms with E-state index in [-0.39, 0.29) is 24.9 Å². The van der Waals surface area contributed by atoms with Gasteiger partial charge in [-0.1, -0.05) is 44.2 Å². The third kappa shape index (κ3) is 6.46. The van der Waals surface area contributed by atoms with E-state index in [1.165, 1.54) is 16.2 Å².